The number of hydrogen-bond acceptors (Lipinski definition) is 5. The summed E-state index contributed by atoms with van der Waals surface area (Å²) >= 11 is 0. The van der Waals surface area contributed by atoms with Crippen LogP contribution < -0.4 is 15.4 Å². The third kappa shape index (κ3) is 6.60. The van der Waals surface area contributed by atoms with Crippen molar-refractivity contribution < 1.29 is 9.53 Å². The van der Waals surface area contributed by atoms with Crippen LogP contribution >= 0.6 is 0 Å². The van der Waals surface area contributed by atoms with E-state index in [1.807, 2.05) is 30.3 Å². The largest absolute Gasteiger partial charge is 0.497 e. The number of nitrogens with zero attached hydrogens (tertiary/aromatic N) is 2. The van der Waals surface area contributed by atoms with E-state index >= 15 is 0 Å². The normalized spacial score (nSPS) is 10.4. The Labute approximate surface area is 171 Å². The predicted molar refractivity (Wildman–Crippen MR) is 114 cm³/mol. The fourth-order valence-corrected chi connectivity index (χ4v) is 2.93. The van der Waals surface area contributed by atoms with Crippen LogP contribution in [-0.2, 0) is 12.8 Å². The number of aromatic nitrogens is 2. The van der Waals surface area contributed by atoms with Gasteiger partial charge in [-0.3, -0.25) is 4.79 Å². The zero-order valence-corrected chi connectivity index (χ0v) is 16.6. The first-order chi connectivity index (χ1) is 14.2. The molecule has 0 radical (unpaired) electrons. The van der Waals surface area contributed by atoms with Gasteiger partial charge in [-0.15, -0.1) is 0 Å². The molecular weight excluding hydrogens is 364 g/mol. The fourth-order valence-electron chi connectivity index (χ4n) is 2.93. The number of hydrogen-bond donors (Lipinski definition) is 2. The highest BCUT2D eigenvalue weighted by atomic mass is 16.5. The zero-order chi connectivity index (χ0) is 20.3. The molecule has 2 N–H and O–H groups in total. The highest BCUT2D eigenvalue weighted by Crippen LogP contribution is 2.12. The summed E-state index contributed by atoms with van der Waals surface area (Å²) in [6, 6.07) is 18.2. The standard InChI is InChI=1S/C23H26N4O2/c1-29-20-11-5-9-19(15-20)12-14-25-23(28)21-16-27-22(17-26-21)24-13-6-10-18-7-3-2-4-8-18/h2-5,7-9,11,15-17H,6,10,12-14H2,1H3,(H,24,27)(H,25,28). The van der Waals surface area contributed by atoms with E-state index in [1.54, 1.807) is 13.3 Å². The molecule has 1 heterocycles. The monoisotopic (exact) mass is 390 g/mol. The van der Waals surface area contributed by atoms with Crippen molar-refractivity contribution in [1.29, 1.82) is 0 Å². The first-order valence-electron chi connectivity index (χ1n) is 9.75. The molecule has 0 saturated carbocycles. The first kappa shape index (κ1) is 20.3. The average Bonchev–Trinajstić information content (AvgIpc) is 2.78. The molecule has 0 atom stereocenters. The molecule has 0 aliphatic rings. The quantitative estimate of drug-likeness (QED) is 0.518. The smallest absolute Gasteiger partial charge is 0.271 e. The number of rotatable bonds is 10. The maximum Gasteiger partial charge on any atom is 0.271 e. The van der Waals surface area contributed by atoms with Crippen molar-refractivity contribution in [3.8, 4) is 5.75 Å². The van der Waals surface area contributed by atoms with E-state index in [0.717, 1.165) is 37.1 Å². The number of anilines is 1. The predicted octanol–water partition coefficient (Wildman–Crippen LogP) is 3.50. The van der Waals surface area contributed by atoms with Crippen molar-refractivity contribution >= 4 is 11.7 Å². The second kappa shape index (κ2) is 10.8. The van der Waals surface area contributed by atoms with Gasteiger partial charge >= 0.3 is 0 Å². The molecule has 0 unspecified atom stereocenters. The van der Waals surface area contributed by atoms with Crippen LogP contribution in [0, 0.1) is 0 Å². The summed E-state index contributed by atoms with van der Waals surface area (Å²) in [4.78, 5) is 20.7. The summed E-state index contributed by atoms with van der Waals surface area (Å²) in [6.45, 7) is 1.32. The highest BCUT2D eigenvalue weighted by molar-refractivity contribution is 5.91. The molecule has 1 aromatic heterocycles. The van der Waals surface area contributed by atoms with Gasteiger partial charge in [-0.2, -0.15) is 0 Å². The minimum absolute atomic E-state index is 0.226. The Morgan fingerprint density at radius 3 is 2.52 bits per heavy atom. The maximum absolute atomic E-state index is 12.2. The van der Waals surface area contributed by atoms with Gasteiger partial charge in [0.15, 0.2) is 0 Å². The SMILES string of the molecule is COc1cccc(CCNC(=O)c2cnc(NCCCc3ccccc3)cn2)c1. The molecular formula is C23H26N4O2. The van der Waals surface area contributed by atoms with Gasteiger partial charge in [0.05, 0.1) is 19.5 Å². The van der Waals surface area contributed by atoms with Crippen LogP contribution in [0.3, 0.4) is 0 Å². The van der Waals surface area contributed by atoms with E-state index in [1.165, 1.54) is 11.8 Å². The zero-order valence-electron chi connectivity index (χ0n) is 16.6. The molecule has 0 aliphatic carbocycles. The van der Waals surface area contributed by atoms with Crippen molar-refractivity contribution in [2.24, 2.45) is 0 Å². The lowest BCUT2D eigenvalue weighted by molar-refractivity contribution is 0.0949. The van der Waals surface area contributed by atoms with Crippen molar-refractivity contribution in [3.63, 3.8) is 0 Å². The van der Waals surface area contributed by atoms with Crippen LogP contribution in [-0.4, -0.2) is 36.1 Å². The lowest BCUT2D eigenvalue weighted by Crippen LogP contribution is -2.26. The van der Waals surface area contributed by atoms with Crippen LogP contribution in [0.4, 0.5) is 5.82 Å². The summed E-state index contributed by atoms with van der Waals surface area (Å²) in [7, 11) is 1.64. The van der Waals surface area contributed by atoms with Crippen LogP contribution in [0.2, 0.25) is 0 Å². The summed E-state index contributed by atoms with van der Waals surface area (Å²) in [6.07, 6.45) is 5.82. The molecule has 6 nitrogen and oxygen atoms in total. The summed E-state index contributed by atoms with van der Waals surface area (Å²) in [5.41, 5.74) is 2.73. The number of carbonyl (C=O) groups excluding carboxylic acids is 1. The average molecular weight is 390 g/mol. The topological polar surface area (TPSA) is 76.1 Å². The van der Waals surface area contributed by atoms with Crippen LogP contribution in [0.15, 0.2) is 67.0 Å². The summed E-state index contributed by atoms with van der Waals surface area (Å²) < 4.78 is 5.21. The number of nitrogens with one attached hydrogen (secondary N) is 2. The molecule has 150 valence electrons. The molecule has 3 aromatic rings. The molecule has 0 saturated heterocycles. The molecule has 3 rings (SSSR count). The third-order valence-electron chi connectivity index (χ3n) is 4.51. The molecule has 0 aliphatic heterocycles. The fraction of sp³-hybridized carbons (Fsp3) is 0.261. The number of amides is 1. The van der Waals surface area contributed by atoms with E-state index in [2.05, 4.69) is 44.9 Å². The summed E-state index contributed by atoms with van der Waals surface area (Å²) in [5.74, 6) is 1.26. The van der Waals surface area contributed by atoms with Crippen molar-refractivity contribution in [2.75, 3.05) is 25.5 Å². The first-order valence-corrected chi connectivity index (χ1v) is 9.75. The Hall–Kier alpha value is -3.41. The lowest BCUT2D eigenvalue weighted by atomic mass is 10.1. The van der Waals surface area contributed by atoms with E-state index in [-0.39, 0.29) is 5.91 Å². The van der Waals surface area contributed by atoms with Gasteiger partial charge in [0.2, 0.25) is 0 Å². The van der Waals surface area contributed by atoms with Crippen molar-refractivity contribution in [1.82, 2.24) is 15.3 Å². The Morgan fingerprint density at radius 2 is 1.76 bits per heavy atom. The number of ether oxygens (including phenoxy) is 1. The number of carbonyl (C=O) groups is 1. The maximum atomic E-state index is 12.2. The van der Waals surface area contributed by atoms with Gasteiger partial charge in [0, 0.05) is 13.1 Å². The van der Waals surface area contributed by atoms with E-state index in [9.17, 15) is 4.79 Å². The Kier molecular flexibility index (Phi) is 7.57. The number of benzene rings is 2. The van der Waals surface area contributed by atoms with Gasteiger partial charge < -0.3 is 15.4 Å². The van der Waals surface area contributed by atoms with Crippen LogP contribution in [0.25, 0.3) is 0 Å². The van der Waals surface area contributed by atoms with Gasteiger partial charge in [-0.05, 0) is 42.5 Å². The Morgan fingerprint density at radius 1 is 0.931 bits per heavy atom. The molecule has 6 heteroatoms. The highest BCUT2D eigenvalue weighted by Gasteiger charge is 2.07. The molecule has 2 aromatic carbocycles. The lowest BCUT2D eigenvalue weighted by Gasteiger charge is -2.08. The van der Waals surface area contributed by atoms with E-state index in [4.69, 9.17) is 4.74 Å². The summed E-state index contributed by atoms with van der Waals surface area (Å²) in [5, 5.41) is 6.11. The van der Waals surface area contributed by atoms with Gasteiger partial charge in [-0.25, -0.2) is 9.97 Å². The molecule has 0 spiro atoms. The Balaban J connectivity index is 1.39. The van der Waals surface area contributed by atoms with E-state index < -0.39 is 0 Å². The number of aryl methyl sites for hydroxylation is 1. The van der Waals surface area contributed by atoms with Crippen LogP contribution in [0.5, 0.6) is 5.75 Å². The minimum Gasteiger partial charge on any atom is -0.497 e. The van der Waals surface area contributed by atoms with Crippen molar-refractivity contribution in [2.45, 2.75) is 19.3 Å². The third-order valence-corrected chi connectivity index (χ3v) is 4.51. The van der Waals surface area contributed by atoms with Crippen molar-refractivity contribution in [3.05, 3.63) is 83.8 Å². The van der Waals surface area contributed by atoms with Gasteiger partial charge in [0.1, 0.15) is 17.3 Å². The molecule has 0 bridgehead atoms. The molecule has 29 heavy (non-hydrogen) atoms. The second-order valence-electron chi connectivity index (χ2n) is 6.66. The molecule has 1 amide bonds. The Bertz CT molecular complexity index is 898. The molecule has 0 fully saturated rings. The minimum atomic E-state index is -0.226. The second-order valence-corrected chi connectivity index (χ2v) is 6.66. The van der Waals surface area contributed by atoms with E-state index in [0.29, 0.717) is 18.1 Å². The van der Waals surface area contributed by atoms with Gasteiger partial charge in [-0.1, -0.05) is 42.5 Å². The van der Waals surface area contributed by atoms with Gasteiger partial charge in [0.25, 0.3) is 5.91 Å². The van der Waals surface area contributed by atoms with Crippen LogP contribution in [0.1, 0.15) is 28.0 Å². The number of methoxy groups -OCH3 is 1.